The van der Waals surface area contributed by atoms with Crippen molar-refractivity contribution in [3.05, 3.63) is 59.4 Å². The van der Waals surface area contributed by atoms with E-state index in [-0.39, 0.29) is 0 Å². The Kier molecular flexibility index (Phi) is 4.59. The summed E-state index contributed by atoms with van der Waals surface area (Å²) < 4.78 is 0. The molecule has 0 radical (unpaired) electrons. The third-order valence-corrected chi connectivity index (χ3v) is 3.46. The highest BCUT2D eigenvalue weighted by Gasteiger charge is 2.06. The van der Waals surface area contributed by atoms with Gasteiger partial charge in [0, 0.05) is 25.0 Å². The molecule has 0 aliphatic heterocycles. The number of benzene rings is 1. The zero-order valence-electron chi connectivity index (χ0n) is 11.3. The molecule has 1 aromatic heterocycles. The summed E-state index contributed by atoms with van der Waals surface area (Å²) in [6, 6.07) is 12.8. The smallest absolute Gasteiger partial charge is 0.0387 e. The lowest BCUT2D eigenvalue weighted by Gasteiger charge is -2.20. The van der Waals surface area contributed by atoms with Gasteiger partial charge in [0.2, 0.25) is 0 Å². The van der Waals surface area contributed by atoms with Crippen LogP contribution in [0.1, 0.15) is 23.7 Å². The van der Waals surface area contributed by atoms with Gasteiger partial charge in [-0.3, -0.25) is 4.90 Å². The van der Waals surface area contributed by atoms with E-state index in [4.69, 9.17) is 0 Å². The average Bonchev–Trinajstić information content (AvgIpc) is 2.81. The van der Waals surface area contributed by atoms with Gasteiger partial charge in [0.15, 0.2) is 0 Å². The van der Waals surface area contributed by atoms with E-state index in [1.165, 1.54) is 16.8 Å². The first-order chi connectivity index (χ1) is 8.79. The number of hydrogen-bond donors (Lipinski definition) is 1. The molecule has 0 unspecified atom stereocenters. The Morgan fingerprint density at radius 1 is 1.11 bits per heavy atom. The normalized spacial score (nSPS) is 11.1. The van der Waals surface area contributed by atoms with Crippen LogP contribution in [0.3, 0.4) is 0 Å². The van der Waals surface area contributed by atoms with Crippen molar-refractivity contribution in [1.82, 2.24) is 9.88 Å². The monoisotopic (exact) mass is 242 g/mol. The highest BCUT2D eigenvalue weighted by molar-refractivity contribution is 5.18. The molecule has 2 rings (SSSR count). The van der Waals surface area contributed by atoms with Crippen molar-refractivity contribution in [3.63, 3.8) is 0 Å². The van der Waals surface area contributed by atoms with Crippen LogP contribution in [-0.2, 0) is 13.0 Å². The van der Waals surface area contributed by atoms with Crippen molar-refractivity contribution in [2.75, 3.05) is 13.1 Å². The zero-order valence-corrected chi connectivity index (χ0v) is 11.3. The molecule has 0 saturated carbocycles. The molecule has 0 aliphatic rings. The number of hydrogen-bond acceptors (Lipinski definition) is 1. The molecule has 0 fully saturated rings. The number of aryl methyl sites for hydroxylation is 1. The predicted octanol–water partition coefficient (Wildman–Crippen LogP) is 3.39. The van der Waals surface area contributed by atoms with Crippen LogP contribution in [0.5, 0.6) is 0 Å². The SMILES string of the molecule is CCN(CCc1ccccc1)Cc1[nH]ccc1C. The molecule has 0 aliphatic carbocycles. The number of aromatic nitrogens is 1. The number of likely N-dealkylation sites (N-methyl/N-ethyl adjacent to an activating group) is 1. The molecular weight excluding hydrogens is 220 g/mol. The minimum absolute atomic E-state index is 1.02. The molecule has 96 valence electrons. The van der Waals surface area contributed by atoms with Crippen LogP contribution in [-0.4, -0.2) is 23.0 Å². The molecule has 18 heavy (non-hydrogen) atoms. The third kappa shape index (κ3) is 3.47. The zero-order chi connectivity index (χ0) is 12.8. The fourth-order valence-corrected chi connectivity index (χ4v) is 2.16. The summed E-state index contributed by atoms with van der Waals surface area (Å²) in [6.07, 6.45) is 3.14. The first-order valence-electron chi connectivity index (χ1n) is 6.68. The van der Waals surface area contributed by atoms with Gasteiger partial charge < -0.3 is 4.98 Å². The first kappa shape index (κ1) is 12.9. The average molecular weight is 242 g/mol. The topological polar surface area (TPSA) is 19.0 Å². The van der Waals surface area contributed by atoms with Gasteiger partial charge in [-0.2, -0.15) is 0 Å². The minimum Gasteiger partial charge on any atom is -0.364 e. The number of nitrogens with zero attached hydrogens (tertiary/aromatic N) is 1. The van der Waals surface area contributed by atoms with Crippen molar-refractivity contribution in [2.45, 2.75) is 26.8 Å². The van der Waals surface area contributed by atoms with Crippen LogP contribution in [0.25, 0.3) is 0 Å². The Morgan fingerprint density at radius 3 is 2.50 bits per heavy atom. The van der Waals surface area contributed by atoms with Crippen molar-refractivity contribution in [3.8, 4) is 0 Å². The number of H-pyrrole nitrogens is 1. The van der Waals surface area contributed by atoms with Gasteiger partial charge in [-0.25, -0.2) is 0 Å². The first-order valence-corrected chi connectivity index (χ1v) is 6.68. The Labute approximate surface area is 110 Å². The van der Waals surface area contributed by atoms with Crippen LogP contribution in [0, 0.1) is 6.92 Å². The van der Waals surface area contributed by atoms with Gasteiger partial charge in [-0.1, -0.05) is 37.3 Å². The van der Waals surface area contributed by atoms with Crippen molar-refractivity contribution in [1.29, 1.82) is 0 Å². The molecule has 2 heteroatoms. The fraction of sp³-hybridized carbons (Fsp3) is 0.375. The van der Waals surface area contributed by atoms with Crippen LogP contribution in [0.15, 0.2) is 42.6 Å². The summed E-state index contributed by atoms with van der Waals surface area (Å²) >= 11 is 0. The summed E-state index contributed by atoms with van der Waals surface area (Å²) in [5.74, 6) is 0. The van der Waals surface area contributed by atoms with Crippen LogP contribution >= 0.6 is 0 Å². The molecule has 1 heterocycles. The Balaban J connectivity index is 1.88. The van der Waals surface area contributed by atoms with E-state index >= 15 is 0 Å². The molecular formula is C16H22N2. The molecule has 0 atom stereocenters. The van der Waals surface area contributed by atoms with Gasteiger partial charge in [0.1, 0.15) is 0 Å². The van der Waals surface area contributed by atoms with Gasteiger partial charge in [-0.05, 0) is 37.1 Å². The molecule has 1 aromatic carbocycles. The lowest BCUT2D eigenvalue weighted by molar-refractivity contribution is 0.280. The molecule has 0 saturated heterocycles. The van der Waals surface area contributed by atoms with Crippen LogP contribution in [0.2, 0.25) is 0 Å². The molecule has 0 amide bonds. The molecule has 2 nitrogen and oxygen atoms in total. The second-order valence-corrected chi connectivity index (χ2v) is 4.74. The minimum atomic E-state index is 1.02. The molecule has 0 bridgehead atoms. The van der Waals surface area contributed by atoms with Gasteiger partial charge >= 0.3 is 0 Å². The van der Waals surface area contributed by atoms with E-state index in [0.717, 1.165) is 26.1 Å². The second kappa shape index (κ2) is 6.41. The Bertz CT molecular complexity index is 459. The highest BCUT2D eigenvalue weighted by atomic mass is 15.1. The van der Waals surface area contributed by atoms with Crippen LogP contribution in [0.4, 0.5) is 0 Å². The van der Waals surface area contributed by atoms with Gasteiger partial charge in [0.25, 0.3) is 0 Å². The van der Waals surface area contributed by atoms with Crippen LogP contribution < -0.4 is 0 Å². The van der Waals surface area contributed by atoms with Crippen molar-refractivity contribution >= 4 is 0 Å². The summed E-state index contributed by atoms with van der Waals surface area (Å²) in [5.41, 5.74) is 4.11. The number of aromatic amines is 1. The number of nitrogens with one attached hydrogen (secondary N) is 1. The van der Waals surface area contributed by atoms with Gasteiger partial charge in [-0.15, -0.1) is 0 Å². The van der Waals surface area contributed by atoms with E-state index in [1.54, 1.807) is 0 Å². The Hall–Kier alpha value is -1.54. The van der Waals surface area contributed by atoms with Crippen molar-refractivity contribution in [2.24, 2.45) is 0 Å². The maximum atomic E-state index is 3.33. The summed E-state index contributed by atoms with van der Waals surface area (Å²) in [6.45, 7) is 7.60. The maximum absolute atomic E-state index is 3.33. The summed E-state index contributed by atoms with van der Waals surface area (Å²) in [5, 5.41) is 0. The second-order valence-electron chi connectivity index (χ2n) is 4.74. The Morgan fingerprint density at radius 2 is 1.89 bits per heavy atom. The molecule has 0 spiro atoms. The lowest BCUT2D eigenvalue weighted by Crippen LogP contribution is -2.25. The molecule has 2 aromatic rings. The van der Waals surface area contributed by atoms with Crippen molar-refractivity contribution < 1.29 is 0 Å². The summed E-state index contributed by atoms with van der Waals surface area (Å²) in [7, 11) is 0. The van der Waals surface area contributed by atoms with E-state index in [9.17, 15) is 0 Å². The maximum Gasteiger partial charge on any atom is 0.0387 e. The largest absolute Gasteiger partial charge is 0.364 e. The quantitative estimate of drug-likeness (QED) is 0.822. The highest BCUT2D eigenvalue weighted by Crippen LogP contribution is 2.09. The summed E-state index contributed by atoms with van der Waals surface area (Å²) in [4.78, 5) is 5.80. The van der Waals surface area contributed by atoms with E-state index < -0.39 is 0 Å². The number of rotatable bonds is 6. The lowest BCUT2D eigenvalue weighted by atomic mass is 10.1. The van der Waals surface area contributed by atoms with Gasteiger partial charge in [0.05, 0.1) is 0 Å². The fourth-order valence-electron chi connectivity index (χ4n) is 2.16. The van der Waals surface area contributed by atoms with E-state index in [0.29, 0.717) is 0 Å². The third-order valence-electron chi connectivity index (χ3n) is 3.46. The standard InChI is InChI=1S/C16H22N2/c1-3-18(13-16-14(2)9-11-17-16)12-10-15-7-5-4-6-8-15/h4-9,11,17H,3,10,12-13H2,1-2H3. The van der Waals surface area contributed by atoms with E-state index in [1.807, 2.05) is 6.20 Å². The molecule has 1 N–H and O–H groups in total. The van der Waals surface area contributed by atoms with E-state index in [2.05, 4.69) is 60.1 Å². The predicted molar refractivity (Wildman–Crippen MR) is 76.6 cm³/mol.